The Morgan fingerprint density at radius 3 is 1.76 bits per heavy atom. The Balaban J connectivity index is -0.000000260. The zero-order chi connectivity index (χ0) is 32.8. The van der Waals surface area contributed by atoms with E-state index in [1.165, 1.54) is 32.0 Å². The molecule has 4 heterocycles. The summed E-state index contributed by atoms with van der Waals surface area (Å²) in [5.41, 5.74) is 1.12. The predicted molar refractivity (Wildman–Crippen MR) is 171 cm³/mol. The van der Waals surface area contributed by atoms with Crippen molar-refractivity contribution in [1.29, 1.82) is 10.5 Å². The minimum absolute atomic E-state index is 0. The number of Topliss-reactive ketones (excluding diaryl/α,β-unsaturated/α-hetero) is 1. The van der Waals surface area contributed by atoms with E-state index in [1.54, 1.807) is 56.9 Å². The van der Waals surface area contributed by atoms with Crippen LogP contribution in [-0.4, -0.2) is 105 Å². The molecule has 0 aromatic carbocycles. The standard InChI is InChI=1S/C10H13NO3.C9H10N2O2.C6H3ClN2.C4H8O.CH3F.CH3.HI.Mg/c1-8(12)10-7-9(3-4-11-10)14-6-5-13-2;1-12-4-5-13-9-2-3-11-8(6-9)7-10;7-5-1-2-9-6(3-5)4-8;1-2-4-5-3-1;1-2;;;/h3-4,7H,5-6H2,1-2H3;2-3,6H,4-5H2,1H3;1-3H;1-4H2;1H3;1H3;1H;/q;;;;;-1;;+2/p-1/i;;;;1D;;;. The van der Waals surface area contributed by atoms with Crippen molar-refractivity contribution in [2.45, 2.75) is 19.8 Å². The second kappa shape index (κ2) is 35.2. The first-order valence-electron chi connectivity index (χ1n) is 13.6. The van der Waals surface area contributed by atoms with Gasteiger partial charge in [0.25, 0.3) is 0 Å². The third kappa shape index (κ3) is 26.5. The molecule has 1 aliphatic heterocycles. The summed E-state index contributed by atoms with van der Waals surface area (Å²) in [4.78, 5) is 22.4. The van der Waals surface area contributed by atoms with E-state index >= 15 is 0 Å². The van der Waals surface area contributed by atoms with E-state index in [-0.39, 0.29) is 60.2 Å². The number of ether oxygens (including phenoxy) is 5. The van der Waals surface area contributed by atoms with E-state index in [1.807, 2.05) is 12.1 Å². The molecule has 11 nitrogen and oxygen atoms in total. The molecule has 15 heteroatoms. The first kappa shape index (κ1) is 47.7. The molecule has 46 heavy (non-hydrogen) atoms. The van der Waals surface area contributed by atoms with Crippen molar-refractivity contribution in [3.8, 4) is 23.6 Å². The summed E-state index contributed by atoms with van der Waals surface area (Å²) in [5.74, 6) is 1.22. The number of carbonyl (C=O) groups excluding carboxylic acids is 1. The van der Waals surface area contributed by atoms with Gasteiger partial charge in [-0.1, -0.05) is 11.6 Å². The van der Waals surface area contributed by atoms with Crippen LogP contribution in [0.3, 0.4) is 0 Å². The number of nitriles is 2. The molecule has 0 saturated carbocycles. The molecule has 0 radical (unpaired) electrons. The van der Waals surface area contributed by atoms with Crippen molar-refractivity contribution in [1.82, 2.24) is 15.0 Å². The smallest absolute Gasteiger partial charge is 1.00 e. The van der Waals surface area contributed by atoms with Crippen LogP contribution in [0.15, 0.2) is 55.0 Å². The van der Waals surface area contributed by atoms with E-state index < -0.39 is 7.15 Å². The average Bonchev–Trinajstić information content (AvgIpc) is 3.63. The Hall–Kier alpha value is -2.70. The van der Waals surface area contributed by atoms with Gasteiger partial charge in [0.15, 0.2) is 5.78 Å². The van der Waals surface area contributed by atoms with E-state index in [2.05, 4.69) is 15.0 Å². The van der Waals surface area contributed by atoms with Gasteiger partial charge in [-0.15, -0.1) is 0 Å². The van der Waals surface area contributed by atoms with Gasteiger partial charge in [0, 0.05) is 70.1 Å². The number of ketones is 1. The van der Waals surface area contributed by atoms with Gasteiger partial charge < -0.3 is 55.1 Å². The fourth-order valence-electron chi connectivity index (χ4n) is 2.72. The SMILES string of the molecule is C1CCOC1.COCCOc1ccnc(C#N)c1.COCCOc1ccnc(C(C)=O)c1.N#Cc1cc(Cl)ccn1.[2H]CF.[CH3-].[I-].[Mg+2]. The summed E-state index contributed by atoms with van der Waals surface area (Å²) in [6.45, 7) is 5.48. The summed E-state index contributed by atoms with van der Waals surface area (Å²) in [6, 6.07) is 13.6. The number of pyridine rings is 3. The molecule has 0 amide bonds. The van der Waals surface area contributed by atoms with Gasteiger partial charge in [0.05, 0.1) is 21.7 Å². The molecule has 3 aromatic heterocycles. The normalized spacial score (nSPS) is 10.3. The molecule has 1 saturated heterocycles. The van der Waals surface area contributed by atoms with Crippen molar-refractivity contribution >= 4 is 40.4 Å². The van der Waals surface area contributed by atoms with Crippen LogP contribution in [0.1, 0.15) is 43.0 Å². The minimum Gasteiger partial charge on any atom is -1.00 e. The molecule has 0 unspecified atom stereocenters. The average molecular weight is 785 g/mol. The molecule has 0 aliphatic carbocycles. The third-order valence-electron chi connectivity index (χ3n) is 4.71. The summed E-state index contributed by atoms with van der Waals surface area (Å²) in [6.07, 6.45) is 7.15. The summed E-state index contributed by atoms with van der Waals surface area (Å²) < 4.78 is 40.7. The van der Waals surface area contributed by atoms with Crippen molar-refractivity contribution in [3.63, 3.8) is 0 Å². The summed E-state index contributed by atoms with van der Waals surface area (Å²) in [5, 5.41) is 17.4. The maximum absolute atomic E-state index is 11.0. The van der Waals surface area contributed by atoms with Gasteiger partial charge >= 0.3 is 23.1 Å². The Morgan fingerprint density at radius 1 is 0.913 bits per heavy atom. The zero-order valence-corrected chi connectivity index (χ0v) is 30.9. The Kier molecular flexibility index (Phi) is 36.5. The van der Waals surface area contributed by atoms with Gasteiger partial charge in [-0.2, -0.15) is 10.5 Å². The Morgan fingerprint density at radius 2 is 1.37 bits per heavy atom. The van der Waals surface area contributed by atoms with Crippen LogP contribution in [0, 0.1) is 30.1 Å². The molecular weight excluding hydrogens is 744 g/mol. The van der Waals surface area contributed by atoms with Crippen molar-refractivity contribution in [2.75, 3.05) is 61.0 Å². The number of methoxy groups -OCH3 is 2. The fourth-order valence-corrected chi connectivity index (χ4v) is 2.88. The van der Waals surface area contributed by atoms with Crippen LogP contribution in [0.5, 0.6) is 11.5 Å². The number of rotatable bonds is 9. The van der Waals surface area contributed by atoms with Crippen LogP contribution in [-0.2, 0) is 14.2 Å². The Labute approximate surface area is 311 Å². The molecule has 3 aromatic rings. The molecule has 1 aliphatic rings. The fraction of sp³-hybridized carbons (Fsp3) is 0.387. The molecule has 248 valence electrons. The van der Waals surface area contributed by atoms with E-state index in [9.17, 15) is 9.18 Å². The number of alkyl halides is 1. The van der Waals surface area contributed by atoms with Gasteiger partial charge in [-0.3, -0.25) is 14.2 Å². The molecule has 0 bridgehead atoms. The van der Waals surface area contributed by atoms with Gasteiger partial charge in [0.2, 0.25) is 0 Å². The van der Waals surface area contributed by atoms with E-state index in [4.69, 9.17) is 47.2 Å². The number of carbonyl (C=O) groups is 1. The minimum atomic E-state index is -1.00. The number of halogens is 3. The number of hydrogen-bond donors (Lipinski definition) is 0. The maximum Gasteiger partial charge on any atom is 2.00 e. The van der Waals surface area contributed by atoms with E-state index in [0.717, 1.165) is 13.2 Å². The van der Waals surface area contributed by atoms with Crippen LogP contribution >= 0.6 is 11.6 Å². The zero-order valence-electron chi connectivity index (χ0n) is 27.6. The van der Waals surface area contributed by atoms with Crippen molar-refractivity contribution < 1.29 is 58.2 Å². The van der Waals surface area contributed by atoms with Crippen LogP contribution < -0.4 is 33.5 Å². The molecule has 0 N–H and O–H groups in total. The Bertz CT molecular complexity index is 1280. The second-order valence-electron chi connectivity index (χ2n) is 7.89. The van der Waals surface area contributed by atoms with Crippen molar-refractivity contribution in [2.24, 2.45) is 0 Å². The largest absolute Gasteiger partial charge is 2.00 e. The predicted octanol–water partition coefficient (Wildman–Crippen LogP) is 2.35. The summed E-state index contributed by atoms with van der Waals surface area (Å²) in [7, 11) is 2.22. The topological polar surface area (TPSA) is 149 Å². The second-order valence-corrected chi connectivity index (χ2v) is 8.33. The monoisotopic (exact) mass is 784 g/mol. The van der Waals surface area contributed by atoms with Crippen LogP contribution in [0.2, 0.25) is 5.02 Å². The third-order valence-corrected chi connectivity index (χ3v) is 4.95. The maximum atomic E-state index is 11.0. The molecule has 4 rings (SSSR count). The van der Waals surface area contributed by atoms with Crippen LogP contribution in [0.4, 0.5) is 4.39 Å². The number of aromatic nitrogens is 3. The quantitative estimate of drug-likeness (QED) is 0.104. The van der Waals surface area contributed by atoms with Crippen molar-refractivity contribution in [3.05, 3.63) is 84.5 Å². The number of nitrogens with zero attached hydrogens (tertiary/aromatic N) is 5. The molecular formula is C31H40ClFIMgN5O6. The van der Waals surface area contributed by atoms with E-state index in [0.29, 0.717) is 60.0 Å². The first-order chi connectivity index (χ1) is 21.3. The van der Waals surface area contributed by atoms with Gasteiger partial charge in [-0.05, 0) is 37.1 Å². The molecule has 1 fully saturated rings. The van der Waals surface area contributed by atoms with Crippen LogP contribution in [0.25, 0.3) is 0 Å². The van der Waals surface area contributed by atoms with Gasteiger partial charge in [-0.25, -0.2) is 9.97 Å². The first-order valence-corrected chi connectivity index (χ1v) is 13.2. The number of hydrogen-bond acceptors (Lipinski definition) is 11. The van der Waals surface area contributed by atoms with Gasteiger partial charge in [0.1, 0.15) is 53.9 Å². The molecule has 0 spiro atoms. The summed E-state index contributed by atoms with van der Waals surface area (Å²) >= 11 is 5.53. The molecule has 0 atom stereocenters.